The van der Waals surface area contributed by atoms with Gasteiger partial charge in [-0.15, -0.1) is 5.10 Å². The molecule has 0 aliphatic heterocycles. The fourth-order valence-electron chi connectivity index (χ4n) is 3.25. The summed E-state index contributed by atoms with van der Waals surface area (Å²) < 4.78 is 0. The molecule has 0 fully saturated rings. The first-order chi connectivity index (χ1) is 14.7. The molecule has 0 aliphatic carbocycles. The van der Waals surface area contributed by atoms with Crippen molar-refractivity contribution in [2.45, 2.75) is 12.8 Å². The van der Waals surface area contributed by atoms with E-state index in [0.29, 0.717) is 5.82 Å². The van der Waals surface area contributed by atoms with Gasteiger partial charge in [-0.2, -0.15) is 5.10 Å². The number of hydrogen-bond acceptors (Lipinski definition) is 4. The summed E-state index contributed by atoms with van der Waals surface area (Å²) in [6, 6.07) is 30.9. The molecule has 1 amide bonds. The molecule has 0 bridgehead atoms. The summed E-state index contributed by atoms with van der Waals surface area (Å²) in [7, 11) is 0. The second-order valence-corrected chi connectivity index (χ2v) is 7.01. The van der Waals surface area contributed by atoms with Crippen LogP contribution < -0.4 is 10.6 Å². The van der Waals surface area contributed by atoms with Gasteiger partial charge in [0.25, 0.3) is 0 Å². The molecule has 0 radical (unpaired) electrons. The zero-order chi connectivity index (χ0) is 20.8. The summed E-state index contributed by atoms with van der Waals surface area (Å²) in [6.07, 6.45) is 0. The molecular formula is C25H22N4O. The number of carbonyl (C=O) groups excluding carboxylic acids is 1. The molecule has 30 heavy (non-hydrogen) atoms. The number of anilines is 3. The van der Waals surface area contributed by atoms with Crippen LogP contribution in [0.25, 0.3) is 0 Å². The zero-order valence-electron chi connectivity index (χ0n) is 16.6. The van der Waals surface area contributed by atoms with Crippen molar-refractivity contribution in [3.05, 3.63) is 114 Å². The molecule has 1 heterocycles. The normalized spacial score (nSPS) is 10.6. The Labute approximate surface area is 175 Å². The van der Waals surface area contributed by atoms with Crippen LogP contribution in [0.1, 0.15) is 22.7 Å². The lowest BCUT2D eigenvalue weighted by molar-refractivity contribution is -0.116. The number of amides is 1. The average molecular weight is 394 g/mol. The first-order valence-corrected chi connectivity index (χ1v) is 9.77. The molecule has 0 unspecified atom stereocenters. The van der Waals surface area contributed by atoms with Crippen molar-refractivity contribution in [1.82, 2.24) is 10.2 Å². The minimum absolute atomic E-state index is 0.0717. The van der Waals surface area contributed by atoms with Crippen molar-refractivity contribution in [1.29, 1.82) is 0 Å². The van der Waals surface area contributed by atoms with E-state index >= 15 is 0 Å². The molecular weight excluding hydrogens is 372 g/mol. The lowest BCUT2D eigenvalue weighted by Gasteiger charge is -2.18. The monoisotopic (exact) mass is 394 g/mol. The van der Waals surface area contributed by atoms with Crippen LogP contribution in [0.15, 0.2) is 97.1 Å². The van der Waals surface area contributed by atoms with Gasteiger partial charge >= 0.3 is 0 Å². The molecule has 2 N–H and O–H groups in total. The minimum Gasteiger partial charge on any atom is -0.339 e. The van der Waals surface area contributed by atoms with Gasteiger partial charge in [0.1, 0.15) is 0 Å². The summed E-state index contributed by atoms with van der Waals surface area (Å²) in [5.74, 6) is 0.219. The third kappa shape index (κ3) is 4.70. The molecule has 1 aromatic heterocycles. The fourth-order valence-corrected chi connectivity index (χ4v) is 3.25. The second-order valence-electron chi connectivity index (χ2n) is 7.01. The number of aromatic nitrogens is 2. The van der Waals surface area contributed by atoms with Crippen LogP contribution in [0.3, 0.4) is 0 Å². The van der Waals surface area contributed by atoms with Crippen LogP contribution in [0.4, 0.5) is 17.2 Å². The van der Waals surface area contributed by atoms with Gasteiger partial charge in [0.05, 0.1) is 11.6 Å². The third-order valence-electron chi connectivity index (χ3n) is 4.75. The van der Waals surface area contributed by atoms with Gasteiger partial charge in [-0.1, -0.05) is 60.7 Å². The van der Waals surface area contributed by atoms with E-state index in [1.54, 1.807) is 0 Å². The topological polar surface area (TPSA) is 66.9 Å². The van der Waals surface area contributed by atoms with Crippen LogP contribution in [0, 0.1) is 6.92 Å². The molecule has 0 atom stereocenters. The van der Waals surface area contributed by atoms with E-state index in [2.05, 4.69) is 20.8 Å². The van der Waals surface area contributed by atoms with Crippen molar-refractivity contribution in [2.24, 2.45) is 0 Å². The number of nitrogens with one attached hydrogen (secondary N) is 2. The second kappa shape index (κ2) is 9.01. The van der Waals surface area contributed by atoms with Gasteiger partial charge in [0.15, 0.2) is 5.82 Å². The lowest BCUT2D eigenvalue weighted by Crippen LogP contribution is -2.22. The molecule has 3 aromatic carbocycles. The number of nitrogens with zero attached hydrogens (tertiary/aromatic N) is 2. The van der Waals surface area contributed by atoms with E-state index in [4.69, 9.17) is 0 Å². The first kappa shape index (κ1) is 19.3. The molecule has 0 spiro atoms. The van der Waals surface area contributed by atoms with Crippen LogP contribution in [0.2, 0.25) is 0 Å². The lowest BCUT2D eigenvalue weighted by atomic mass is 9.90. The Kier molecular flexibility index (Phi) is 5.80. The van der Waals surface area contributed by atoms with Gasteiger partial charge in [0.2, 0.25) is 5.91 Å². The van der Waals surface area contributed by atoms with Crippen LogP contribution >= 0.6 is 0 Å². The Morgan fingerprint density at radius 3 is 1.80 bits per heavy atom. The van der Waals surface area contributed by atoms with Gasteiger partial charge < -0.3 is 10.6 Å². The summed E-state index contributed by atoms with van der Waals surface area (Å²) in [5, 5.41) is 14.4. The Morgan fingerprint density at radius 1 is 0.700 bits per heavy atom. The van der Waals surface area contributed by atoms with E-state index in [1.165, 1.54) is 0 Å². The number of aryl methyl sites for hydroxylation is 1. The summed E-state index contributed by atoms with van der Waals surface area (Å²) >= 11 is 0. The number of rotatable bonds is 6. The SMILES string of the molecule is Cc1ccc(Nc2ccc(NC(=O)C(c3ccccc3)c3ccccc3)cc2)nn1. The Bertz CT molecular complexity index is 1060. The predicted molar refractivity (Wildman–Crippen MR) is 120 cm³/mol. The zero-order valence-corrected chi connectivity index (χ0v) is 16.6. The van der Waals surface area contributed by atoms with E-state index in [1.807, 2.05) is 104 Å². The van der Waals surface area contributed by atoms with E-state index < -0.39 is 0 Å². The van der Waals surface area contributed by atoms with E-state index in [-0.39, 0.29) is 11.8 Å². The highest BCUT2D eigenvalue weighted by Gasteiger charge is 2.22. The van der Waals surface area contributed by atoms with Gasteiger partial charge in [0, 0.05) is 11.4 Å². The van der Waals surface area contributed by atoms with Crippen LogP contribution in [-0.4, -0.2) is 16.1 Å². The smallest absolute Gasteiger partial charge is 0.236 e. The summed E-state index contributed by atoms with van der Waals surface area (Å²) in [6.45, 7) is 1.90. The van der Waals surface area contributed by atoms with E-state index in [9.17, 15) is 4.79 Å². The molecule has 0 aliphatic rings. The Balaban J connectivity index is 1.50. The van der Waals surface area contributed by atoms with Crippen LogP contribution in [0.5, 0.6) is 0 Å². The van der Waals surface area contributed by atoms with Crippen molar-refractivity contribution in [3.8, 4) is 0 Å². The van der Waals surface area contributed by atoms with Gasteiger partial charge in [-0.25, -0.2) is 0 Å². The first-order valence-electron chi connectivity index (χ1n) is 9.77. The maximum Gasteiger partial charge on any atom is 0.236 e. The predicted octanol–water partition coefficient (Wildman–Crippen LogP) is 5.30. The standard InChI is InChI=1S/C25H22N4O/c1-18-12-17-23(29-28-18)26-21-13-15-22(16-14-21)27-25(30)24(19-8-4-2-5-9-19)20-10-6-3-7-11-20/h2-17,24H,1H3,(H,26,29)(H,27,30). The van der Waals surface area contributed by atoms with Crippen molar-refractivity contribution < 1.29 is 4.79 Å². The minimum atomic E-state index is -0.381. The molecule has 0 saturated heterocycles. The van der Waals surface area contributed by atoms with Crippen molar-refractivity contribution in [3.63, 3.8) is 0 Å². The molecule has 4 rings (SSSR count). The number of hydrogen-bond donors (Lipinski definition) is 2. The van der Waals surface area contributed by atoms with E-state index in [0.717, 1.165) is 28.2 Å². The Hall–Kier alpha value is -3.99. The highest BCUT2D eigenvalue weighted by molar-refractivity contribution is 5.98. The molecule has 5 heteroatoms. The highest BCUT2D eigenvalue weighted by atomic mass is 16.1. The highest BCUT2D eigenvalue weighted by Crippen LogP contribution is 2.27. The maximum atomic E-state index is 13.2. The van der Waals surface area contributed by atoms with Crippen molar-refractivity contribution in [2.75, 3.05) is 10.6 Å². The molecule has 148 valence electrons. The number of carbonyl (C=O) groups is 1. The summed E-state index contributed by atoms with van der Waals surface area (Å²) in [4.78, 5) is 13.2. The van der Waals surface area contributed by atoms with Gasteiger partial charge in [-0.3, -0.25) is 4.79 Å². The fraction of sp³-hybridized carbons (Fsp3) is 0.0800. The molecule has 4 aromatic rings. The van der Waals surface area contributed by atoms with Crippen LogP contribution in [-0.2, 0) is 4.79 Å². The summed E-state index contributed by atoms with van der Waals surface area (Å²) in [5.41, 5.74) is 4.38. The maximum absolute atomic E-state index is 13.2. The molecule has 5 nitrogen and oxygen atoms in total. The number of benzene rings is 3. The molecule has 0 saturated carbocycles. The van der Waals surface area contributed by atoms with Crippen molar-refractivity contribution >= 4 is 23.1 Å². The third-order valence-corrected chi connectivity index (χ3v) is 4.75. The largest absolute Gasteiger partial charge is 0.339 e. The quantitative estimate of drug-likeness (QED) is 0.466. The average Bonchev–Trinajstić information content (AvgIpc) is 2.78. The van der Waals surface area contributed by atoms with Gasteiger partial charge in [-0.05, 0) is 54.4 Å². The Morgan fingerprint density at radius 2 is 1.27 bits per heavy atom.